The van der Waals surface area contributed by atoms with E-state index in [2.05, 4.69) is 22.1 Å². The SMILES string of the molecule is C=CCN1C(=O)NC(c2ccc(Cl)cc2)C(C(=O)OCC)=C1CN1CCCN(C(=O)NC(C)C)CC1. The summed E-state index contributed by atoms with van der Waals surface area (Å²) < 4.78 is 5.44. The molecule has 3 rings (SSSR count). The van der Waals surface area contributed by atoms with Crippen LogP contribution in [0.4, 0.5) is 9.59 Å². The molecule has 0 radical (unpaired) electrons. The molecule has 2 heterocycles. The van der Waals surface area contributed by atoms with Crippen LogP contribution in [0.5, 0.6) is 0 Å². The molecule has 1 aromatic rings. The molecule has 0 spiro atoms. The first-order valence-corrected chi connectivity index (χ1v) is 12.7. The van der Waals surface area contributed by atoms with Crippen molar-refractivity contribution in [3.63, 3.8) is 0 Å². The number of esters is 1. The van der Waals surface area contributed by atoms with Gasteiger partial charge in [-0.05, 0) is 44.9 Å². The summed E-state index contributed by atoms with van der Waals surface area (Å²) >= 11 is 6.08. The Hall–Kier alpha value is -3.04. The molecule has 2 aliphatic rings. The standard InChI is InChI=1S/C26H36ClN5O4/c1-5-12-32-21(17-30-13-7-14-31(16-15-30)25(34)28-18(3)4)22(24(33)36-6-2)23(29-26(32)35)19-8-10-20(27)11-9-19/h5,8-11,18,23H,1,6-7,12-17H2,2-4H3,(H,28,34)(H,29,35). The molecule has 36 heavy (non-hydrogen) atoms. The molecule has 1 unspecified atom stereocenters. The number of urea groups is 2. The maximum Gasteiger partial charge on any atom is 0.338 e. The van der Waals surface area contributed by atoms with Crippen molar-refractivity contribution in [2.45, 2.75) is 39.3 Å². The lowest BCUT2D eigenvalue weighted by molar-refractivity contribution is -0.139. The van der Waals surface area contributed by atoms with Crippen molar-refractivity contribution < 1.29 is 19.1 Å². The number of halogens is 1. The fourth-order valence-corrected chi connectivity index (χ4v) is 4.56. The van der Waals surface area contributed by atoms with Crippen molar-refractivity contribution in [3.8, 4) is 0 Å². The highest BCUT2D eigenvalue weighted by Gasteiger charge is 2.38. The molecule has 1 atom stereocenters. The summed E-state index contributed by atoms with van der Waals surface area (Å²) in [4.78, 5) is 44.5. The molecule has 4 amide bonds. The lowest BCUT2D eigenvalue weighted by Gasteiger charge is -2.38. The summed E-state index contributed by atoms with van der Waals surface area (Å²) in [6.07, 6.45) is 2.41. The molecule has 0 aliphatic carbocycles. The summed E-state index contributed by atoms with van der Waals surface area (Å²) in [6.45, 7) is 12.8. The number of ether oxygens (including phenoxy) is 1. The Morgan fingerprint density at radius 1 is 1.22 bits per heavy atom. The number of nitrogens with zero attached hydrogens (tertiary/aromatic N) is 3. The first-order valence-electron chi connectivity index (χ1n) is 12.4. The van der Waals surface area contributed by atoms with Gasteiger partial charge in [0.15, 0.2) is 0 Å². The van der Waals surface area contributed by atoms with Crippen LogP contribution >= 0.6 is 11.6 Å². The summed E-state index contributed by atoms with van der Waals surface area (Å²) in [5, 5.41) is 6.46. The van der Waals surface area contributed by atoms with Gasteiger partial charge in [-0.2, -0.15) is 0 Å². The van der Waals surface area contributed by atoms with E-state index in [0.717, 1.165) is 18.5 Å². The molecule has 2 N–H and O–H groups in total. The molecule has 10 heteroatoms. The van der Waals surface area contributed by atoms with E-state index in [1.165, 1.54) is 0 Å². The lowest BCUT2D eigenvalue weighted by Crippen LogP contribution is -2.51. The summed E-state index contributed by atoms with van der Waals surface area (Å²) in [5.74, 6) is -0.478. The van der Waals surface area contributed by atoms with E-state index in [0.29, 0.717) is 42.5 Å². The van der Waals surface area contributed by atoms with Crippen LogP contribution in [0.2, 0.25) is 5.02 Å². The van der Waals surface area contributed by atoms with Gasteiger partial charge in [-0.15, -0.1) is 6.58 Å². The monoisotopic (exact) mass is 517 g/mol. The number of hydrogen-bond acceptors (Lipinski definition) is 5. The quantitative estimate of drug-likeness (QED) is 0.406. The fraction of sp³-hybridized carbons (Fsp3) is 0.500. The van der Waals surface area contributed by atoms with Crippen LogP contribution in [0.1, 0.15) is 38.8 Å². The van der Waals surface area contributed by atoms with Crippen LogP contribution in [0.25, 0.3) is 0 Å². The average Bonchev–Trinajstić information content (AvgIpc) is 3.07. The van der Waals surface area contributed by atoms with Crippen molar-refractivity contribution in [2.24, 2.45) is 0 Å². The fourth-order valence-electron chi connectivity index (χ4n) is 4.43. The normalized spacial score (nSPS) is 19.1. The van der Waals surface area contributed by atoms with Gasteiger partial charge in [0.25, 0.3) is 0 Å². The number of hydrogen-bond donors (Lipinski definition) is 2. The molecule has 0 aromatic heterocycles. The van der Waals surface area contributed by atoms with Crippen molar-refractivity contribution in [1.82, 2.24) is 25.3 Å². The Kier molecular flexibility index (Phi) is 9.78. The maximum absolute atomic E-state index is 13.3. The second-order valence-electron chi connectivity index (χ2n) is 9.14. The van der Waals surface area contributed by atoms with E-state index in [1.807, 2.05) is 18.7 Å². The first-order chi connectivity index (χ1) is 17.2. The van der Waals surface area contributed by atoms with Crippen LogP contribution in [-0.2, 0) is 9.53 Å². The van der Waals surface area contributed by atoms with E-state index in [-0.39, 0.29) is 31.3 Å². The third kappa shape index (κ3) is 6.79. The second kappa shape index (κ2) is 12.8. The minimum atomic E-state index is -0.676. The largest absolute Gasteiger partial charge is 0.463 e. The second-order valence-corrected chi connectivity index (χ2v) is 9.57. The number of amides is 4. The Bertz CT molecular complexity index is 995. The van der Waals surface area contributed by atoms with E-state index in [9.17, 15) is 14.4 Å². The topological polar surface area (TPSA) is 94.2 Å². The van der Waals surface area contributed by atoms with E-state index >= 15 is 0 Å². The van der Waals surface area contributed by atoms with Crippen LogP contribution in [0, 0.1) is 0 Å². The number of carbonyl (C=O) groups excluding carboxylic acids is 3. The number of rotatable bonds is 8. The molecule has 0 bridgehead atoms. The van der Waals surface area contributed by atoms with Gasteiger partial charge in [0, 0.05) is 56.0 Å². The Labute approximate surface area is 218 Å². The van der Waals surface area contributed by atoms with E-state index in [4.69, 9.17) is 16.3 Å². The highest BCUT2D eigenvalue weighted by Crippen LogP contribution is 2.32. The van der Waals surface area contributed by atoms with Crippen LogP contribution in [0.15, 0.2) is 48.2 Å². The predicted octanol–water partition coefficient (Wildman–Crippen LogP) is 3.54. The summed E-state index contributed by atoms with van der Waals surface area (Å²) in [6, 6.07) is 6.05. The molecule has 1 saturated heterocycles. The highest BCUT2D eigenvalue weighted by molar-refractivity contribution is 6.30. The third-order valence-electron chi connectivity index (χ3n) is 6.11. The van der Waals surface area contributed by atoms with Gasteiger partial charge in [-0.25, -0.2) is 14.4 Å². The zero-order valence-electron chi connectivity index (χ0n) is 21.3. The molecule has 1 fully saturated rings. The molecule has 196 valence electrons. The van der Waals surface area contributed by atoms with Crippen molar-refractivity contribution >= 4 is 29.6 Å². The number of carbonyl (C=O) groups is 3. The van der Waals surface area contributed by atoms with Gasteiger partial charge in [0.05, 0.1) is 18.2 Å². The van der Waals surface area contributed by atoms with Gasteiger partial charge < -0.3 is 20.3 Å². The van der Waals surface area contributed by atoms with Crippen LogP contribution in [0.3, 0.4) is 0 Å². The zero-order valence-corrected chi connectivity index (χ0v) is 22.0. The van der Waals surface area contributed by atoms with Crippen molar-refractivity contribution in [3.05, 3.63) is 58.8 Å². The average molecular weight is 518 g/mol. The molecule has 2 aliphatic heterocycles. The van der Waals surface area contributed by atoms with Crippen molar-refractivity contribution in [1.29, 1.82) is 0 Å². The molecule has 1 aromatic carbocycles. The zero-order chi connectivity index (χ0) is 26.2. The minimum Gasteiger partial charge on any atom is -0.463 e. The lowest BCUT2D eigenvalue weighted by atomic mass is 9.94. The minimum absolute atomic E-state index is 0.0622. The van der Waals surface area contributed by atoms with E-state index < -0.39 is 12.0 Å². The van der Waals surface area contributed by atoms with Gasteiger partial charge >= 0.3 is 18.0 Å². The predicted molar refractivity (Wildman–Crippen MR) is 140 cm³/mol. The number of benzene rings is 1. The van der Waals surface area contributed by atoms with Gasteiger partial charge in [-0.3, -0.25) is 9.80 Å². The Morgan fingerprint density at radius 2 is 1.94 bits per heavy atom. The smallest absolute Gasteiger partial charge is 0.338 e. The summed E-state index contributed by atoms with van der Waals surface area (Å²) in [5.41, 5.74) is 1.70. The molecule has 9 nitrogen and oxygen atoms in total. The molecule has 0 saturated carbocycles. The van der Waals surface area contributed by atoms with Crippen molar-refractivity contribution in [2.75, 3.05) is 45.9 Å². The first kappa shape index (κ1) is 27.5. The third-order valence-corrected chi connectivity index (χ3v) is 6.36. The molecular weight excluding hydrogens is 482 g/mol. The van der Waals surface area contributed by atoms with Crippen LogP contribution in [-0.4, -0.2) is 84.6 Å². The Morgan fingerprint density at radius 3 is 2.58 bits per heavy atom. The summed E-state index contributed by atoms with van der Waals surface area (Å²) in [7, 11) is 0. The Balaban J connectivity index is 1.95. The van der Waals surface area contributed by atoms with Gasteiger partial charge in [0.2, 0.25) is 0 Å². The van der Waals surface area contributed by atoms with Gasteiger partial charge in [0.1, 0.15) is 0 Å². The molecular formula is C26H36ClN5O4. The van der Waals surface area contributed by atoms with Crippen LogP contribution < -0.4 is 10.6 Å². The maximum atomic E-state index is 13.3. The number of nitrogens with one attached hydrogen (secondary N) is 2. The highest BCUT2D eigenvalue weighted by atomic mass is 35.5. The van der Waals surface area contributed by atoms with E-state index in [1.54, 1.807) is 42.2 Å². The van der Waals surface area contributed by atoms with Gasteiger partial charge in [-0.1, -0.05) is 29.8 Å².